The molecule has 1 aromatic heterocycles. The van der Waals surface area contributed by atoms with Gasteiger partial charge in [0, 0.05) is 11.3 Å². The monoisotopic (exact) mass is 309 g/mol. The van der Waals surface area contributed by atoms with E-state index in [-0.39, 0.29) is 5.56 Å². The SMILES string of the molecule is COc1ccccc1-c1[nH]c(C)c(Br)c1C(=O)O. The van der Waals surface area contributed by atoms with Crippen LogP contribution in [0, 0.1) is 6.92 Å². The summed E-state index contributed by atoms with van der Waals surface area (Å²) < 4.78 is 5.82. The van der Waals surface area contributed by atoms with E-state index in [1.54, 1.807) is 13.2 Å². The Balaban J connectivity index is 2.71. The molecular formula is C13H12BrNO3. The number of aromatic nitrogens is 1. The highest BCUT2D eigenvalue weighted by molar-refractivity contribution is 9.10. The molecule has 2 aromatic rings. The van der Waals surface area contributed by atoms with E-state index in [9.17, 15) is 9.90 Å². The van der Waals surface area contributed by atoms with Crippen LogP contribution in [0.1, 0.15) is 16.1 Å². The number of hydrogen-bond acceptors (Lipinski definition) is 2. The molecule has 0 bridgehead atoms. The largest absolute Gasteiger partial charge is 0.496 e. The molecule has 0 amide bonds. The molecule has 0 saturated heterocycles. The van der Waals surface area contributed by atoms with Gasteiger partial charge >= 0.3 is 5.97 Å². The summed E-state index contributed by atoms with van der Waals surface area (Å²) in [5.74, 6) is -0.346. The highest BCUT2D eigenvalue weighted by atomic mass is 79.9. The zero-order valence-corrected chi connectivity index (χ0v) is 11.5. The molecule has 0 unspecified atom stereocenters. The van der Waals surface area contributed by atoms with Crippen LogP contribution in [0.25, 0.3) is 11.3 Å². The smallest absolute Gasteiger partial charge is 0.339 e. The van der Waals surface area contributed by atoms with Gasteiger partial charge in [0.15, 0.2) is 0 Å². The molecule has 94 valence electrons. The number of aromatic carboxylic acids is 1. The molecule has 4 nitrogen and oxygen atoms in total. The lowest BCUT2D eigenvalue weighted by atomic mass is 10.1. The number of carbonyl (C=O) groups is 1. The lowest BCUT2D eigenvalue weighted by molar-refractivity contribution is 0.0697. The van der Waals surface area contributed by atoms with Crippen LogP contribution in [0.3, 0.4) is 0 Å². The Morgan fingerprint density at radius 3 is 2.67 bits per heavy atom. The number of aromatic amines is 1. The van der Waals surface area contributed by atoms with Crippen molar-refractivity contribution in [3.63, 3.8) is 0 Å². The zero-order chi connectivity index (χ0) is 13.3. The quantitative estimate of drug-likeness (QED) is 0.912. The van der Waals surface area contributed by atoms with Crippen LogP contribution in [-0.2, 0) is 0 Å². The van der Waals surface area contributed by atoms with Crippen LogP contribution in [-0.4, -0.2) is 23.2 Å². The van der Waals surface area contributed by atoms with E-state index in [2.05, 4.69) is 20.9 Å². The fourth-order valence-electron chi connectivity index (χ4n) is 1.86. The van der Waals surface area contributed by atoms with Gasteiger partial charge in [-0.15, -0.1) is 0 Å². The van der Waals surface area contributed by atoms with Crippen LogP contribution in [0.15, 0.2) is 28.7 Å². The van der Waals surface area contributed by atoms with Gasteiger partial charge in [-0.1, -0.05) is 12.1 Å². The Kier molecular flexibility index (Phi) is 3.43. The third-order valence-corrected chi connectivity index (χ3v) is 3.69. The topological polar surface area (TPSA) is 62.3 Å². The Hall–Kier alpha value is -1.75. The van der Waals surface area contributed by atoms with Gasteiger partial charge in [-0.25, -0.2) is 4.79 Å². The number of rotatable bonds is 3. The molecule has 2 rings (SSSR count). The number of nitrogens with one attached hydrogen (secondary N) is 1. The van der Waals surface area contributed by atoms with Gasteiger partial charge in [0.05, 0.1) is 22.8 Å². The second-order valence-corrected chi connectivity index (χ2v) is 4.61. The third-order valence-electron chi connectivity index (χ3n) is 2.70. The van der Waals surface area contributed by atoms with E-state index in [1.807, 2.05) is 25.1 Å². The molecule has 0 saturated carbocycles. The minimum Gasteiger partial charge on any atom is -0.496 e. The van der Waals surface area contributed by atoms with Crippen molar-refractivity contribution in [3.8, 4) is 17.0 Å². The molecule has 0 aliphatic rings. The number of carboxylic acids is 1. The van der Waals surface area contributed by atoms with Crippen LogP contribution >= 0.6 is 15.9 Å². The van der Waals surface area contributed by atoms with Crippen molar-refractivity contribution >= 4 is 21.9 Å². The number of H-pyrrole nitrogens is 1. The Bertz CT molecular complexity index is 604. The van der Waals surface area contributed by atoms with Gasteiger partial charge in [0.2, 0.25) is 0 Å². The zero-order valence-electron chi connectivity index (χ0n) is 9.95. The first-order chi connectivity index (χ1) is 8.56. The first-order valence-corrected chi connectivity index (χ1v) is 6.10. The number of hydrogen-bond donors (Lipinski definition) is 2. The van der Waals surface area contributed by atoms with E-state index in [0.717, 1.165) is 11.3 Å². The number of benzene rings is 1. The van der Waals surface area contributed by atoms with Crippen LogP contribution in [0.4, 0.5) is 0 Å². The van der Waals surface area contributed by atoms with Crippen LogP contribution < -0.4 is 4.74 Å². The number of halogens is 1. The number of methoxy groups -OCH3 is 1. The van der Waals surface area contributed by atoms with Gasteiger partial charge < -0.3 is 14.8 Å². The summed E-state index contributed by atoms with van der Waals surface area (Å²) in [5.41, 5.74) is 2.26. The van der Waals surface area contributed by atoms with Gasteiger partial charge in [-0.3, -0.25) is 0 Å². The van der Waals surface area contributed by atoms with Crippen molar-refractivity contribution in [2.75, 3.05) is 7.11 Å². The van der Waals surface area contributed by atoms with Crippen molar-refractivity contribution < 1.29 is 14.6 Å². The molecule has 1 heterocycles. The molecule has 0 aliphatic heterocycles. The predicted octanol–water partition coefficient (Wildman–Crippen LogP) is 3.46. The van der Waals surface area contributed by atoms with Crippen molar-refractivity contribution in [2.45, 2.75) is 6.92 Å². The molecule has 1 aromatic carbocycles. The Labute approximate surface area is 113 Å². The second kappa shape index (κ2) is 4.86. The third kappa shape index (κ3) is 2.01. The van der Waals surface area contributed by atoms with Crippen molar-refractivity contribution in [3.05, 3.63) is 40.0 Å². The predicted molar refractivity (Wildman–Crippen MR) is 72.2 cm³/mol. The van der Waals surface area contributed by atoms with E-state index >= 15 is 0 Å². The van der Waals surface area contributed by atoms with Gasteiger partial charge in [0.1, 0.15) is 5.75 Å². The number of para-hydroxylation sites is 1. The second-order valence-electron chi connectivity index (χ2n) is 3.82. The molecule has 0 radical (unpaired) electrons. The maximum absolute atomic E-state index is 11.3. The number of aryl methyl sites for hydroxylation is 1. The average molecular weight is 310 g/mol. The Morgan fingerprint density at radius 2 is 2.06 bits per heavy atom. The number of carboxylic acid groups (broad SMARTS) is 1. The minimum absolute atomic E-state index is 0.219. The fraction of sp³-hybridized carbons (Fsp3) is 0.154. The first-order valence-electron chi connectivity index (χ1n) is 5.31. The summed E-state index contributed by atoms with van der Waals surface area (Å²) >= 11 is 3.29. The average Bonchev–Trinajstić information content (AvgIpc) is 2.65. The first kappa shape index (κ1) is 12.7. The standard InChI is InChI=1S/C13H12BrNO3/c1-7-11(14)10(13(16)17)12(15-7)8-5-3-4-6-9(8)18-2/h3-6,15H,1-2H3,(H,16,17). The van der Waals surface area contributed by atoms with E-state index in [1.165, 1.54) is 0 Å². The molecule has 5 heteroatoms. The van der Waals surface area contributed by atoms with Crippen molar-refractivity contribution in [2.24, 2.45) is 0 Å². The van der Waals surface area contributed by atoms with E-state index < -0.39 is 5.97 Å². The summed E-state index contributed by atoms with van der Waals surface area (Å²) in [6, 6.07) is 7.30. The lowest BCUT2D eigenvalue weighted by Gasteiger charge is -2.07. The van der Waals surface area contributed by atoms with Gasteiger partial charge in [0.25, 0.3) is 0 Å². The summed E-state index contributed by atoms with van der Waals surface area (Å²) in [6.45, 7) is 1.81. The number of ether oxygens (including phenoxy) is 1. The van der Waals surface area contributed by atoms with Crippen molar-refractivity contribution in [1.82, 2.24) is 4.98 Å². The maximum Gasteiger partial charge on any atom is 0.339 e. The molecule has 0 fully saturated rings. The van der Waals surface area contributed by atoms with E-state index in [0.29, 0.717) is 15.9 Å². The molecule has 2 N–H and O–H groups in total. The normalized spacial score (nSPS) is 10.4. The maximum atomic E-state index is 11.3. The minimum atomic E-state index is -0.980. The summed E-state index contributed by atoms with van der Waals surface area (Å²) in [6.07, 6.45) is 0. The molecule has 0 aliphatic carbocycles. The van der Waals surface area contributed by atoms with Crippen LogP contribution in [0.2, 0.25) is 0 Å². The van der Waals surface area contributed by atoms with Crippen LogP contribution in [0.5, 0.6) is 5.75 Å². The summed E-state index contributed by atoms with van der Waals surface area (Å²) in [5, 5.41) is 9.29. The molecule has 0 atom stereocenters. The van der Waals surface area contributed by atoms with Gasteiger partial charge in [-0.2, -0.15) is 0 Å². The molecule has 0 spiro atoms. The fourth-order valence-corrected chi connectivity index (χ4v) is 2.32. The molecular weight excluding hydrogens is 298 g/mol. The van der Waals surface area contributed by atoms with Crippen molar-refractivity contribution in [1.29, 1.82) is 0 Å². The summed E-state index contributed by atoms with van der Waals surface area (Å²) in [4.78, 5) is 14.4. The van der Waals surface area contributed by atoms with E-state index in [4.69, 9.17) is 4.74 Å². The Morgan fingerprint density at radius 1 is 1.39 bits per heavy atom. The lowest BCUT2D eigenvalue weighted by Crippen LogP contribution is -1.99. The highest BCUT2D eigenvalue weighted by Crippen LogP contribution is 2.36. The van der Waals surface area contributed by atoms with Gasteiger partial charge in [-0.05, 0) is 35.0 Å². The summed E-state index contributed by atoms with van der Waals surface area (Å²) in [7, 11) is 1.56. The highest BCUT2D eigenvalue weighted by Gasteiger charge is 2.22. The molecule has 18 heavy (non-hydrogen) atoms.